The van der Waals surface area contributed by atoms with Gasteiger partial charge in [-0.2, -0.15) is 0 Å². The van der Waals surface area contributed by atoms with E-state index < -0.39 is 23.3 Å². The van der Waals surface area contributed by atoms with E-state index in [-0.39, 0.29) is 65.9 Å². The van der Waals surface area contributed by atoms with Crippen LogP contribution in [0.4, 0.5) is 17.6 Å². The van der Waals surface area contributed by atoms with Crippen molar-refractivity contribution in [2.45, 2.75) is 77.6 Å². The van der Waals surface area contributed by atoms with E-state index in [4.69, 9.17) is 0 Å². The van der Waals surface area contributed by atoms with Crippen LogP contribution in [-0.4, -0.2) is 9.97 Å². The number of hydrogen-bond acceptors (Lipinski definition) is 2. The van der Waals surface area contributed by atoms with Crippen LogP contribution in [0.25, 0.3) is 33.6 Å². The maximum absolute atomic E-state index is 14.0. The Morgan fingerprint density at radius 2 is 1.14 bits per heavy atom. The van der Waals surface area contributed by atoms with E-state index in [1.54, 1.807) is 36.7 Å². The van der Waals surface area contributed by atoms with Gasteiger partial charge in [0.2, 0.25) is 0 Å². The van der Waals surface area contributed by atoms with Gasteiger partial charge in [0, 0.05) is 55.8 Å². The fraction of sp³-hybridized carbons (Fsp3) is 0.286. The zero-order valence-electron chi connectivity index (χ0n) is 29.0. The van der Waals surface area contributed by atoms with Gasteiger partial charge in [-0.15, -0.1) is 24.3 Å². The van der Waals surface area contributed by atoms with Gasteiger partial charge in [-0.25, -0.2) is 0 Å². The van der Waals surface area contributed by atoms with Crippen LogP contribution >= 0.6 is 0 Å². The minimum absolute atomic E-state index is 0. The summed E-state index contributed by atoms with van der Waals surface area (Å²) >= 11 is 0. The van der Waals surface area contributed by atoms with Crippen LogP contribution in [0.2, 0.25) is 0 Å². The second-order valence-electron chi connectivity index (χ2n) is 12.0. The molecule has 0 atom stereocenters. The van der Waals surface area contributed by atoms with E-state index >= 15 is 0 Å². The van der Waals surface area contributed by atoms with Gasteiger partial charge < -0.3 is 24.8 Å². The first kappa shape index (κ1) is 45.0. The topological polar surface area (TPSA) is 25.8 Å². The van der Waals surface area contributed by atoms with Crippen molar-refractivity contribution in [1.29, 1.82) is 0 Å². The molecule has 8 heteroatoms. The first-order valence-electron chi connectivity index (χ1n) is 16.0. The van der Waals surface area contributed by atoms with Crippen LogP contribution in [0.15, 0.2) is 79.1 Å². The van der Waals surface area contributed by atoms with Crippen molar-refractivity contribution in [2.75, 3.05) is 0 Å². The zero-order valence-corrected chi connectivity index (χ0v) is 34.0. The van der Waals surface area contributed by atoms with E-state index in [9.17, 15) is 17.6 Å². The Balaban J connectivity index is 0.000000458. The molecule has 5 aromatic rings. The molecule has 50 heavy (non-hydrogen) atoms. The summed E-state index contributed by atoms with van der Waals surface area (Å²) in [6, 6.07) is 22.5. The molecule has 2 aliphatic rings. The predicted octanol–water partition coefficient (Wildman–Crippen LogP) is 12.4. The van der Waals surface area contributed by atoms with E-state index in [2.05, 4.69) is 48.1 Å². The summed E-state index contributed by atoms with van der Waals surface area (Å²) in [5.74, 6) is -1.88. The molecule has 2 saturated carbocycles. The summed E-state index contributed by atoms with van der Waals surface area (Å²) in [5.41, 5.74) is 7.39. The molecule has 2 heterocycles. The molecule has 7 rings (SSSR count). The largest absolute Gasteiger partial charge is 2.00 e. The average molecular weight is 1040 g/mol. The number of halogens is 4. The fourth-order valence-electron chi connectivity index (χ4n) is 6.31. The Labute approximate surface area is 323 Å². The van der Waals surface area contributed by atoms with Crippen LogP contribution in [-0.2, 0) is 39.9 Å². The number of hydrogen-bond donors (Lipinski definition) is 0. The van der Waals surface area contributed by atoms with Gasteiger partial charge in [0.15, 0.2) is 0 Å². The molecule has 0 aliphatic heterocycles. The van der Waals surface area contributed by atoms with Crippen LogP contribution < -0.4 is 0 Å². The maximum Gasteiger partial charge on any atom is 2.00 e. The van der Waals surface area contributed by atoms with Gasteiger partial charge in [-0.05, 0) is 77.9 Å². The van der Waals surface area contributed by atoms with Crippen LogP contribution in [0.3, 0.4) is 0 Å². The summed E-state index contributed by atoms with van der Waals surface area (Å²) in [6.45, 7) is 4.28. The van der Waals surface area contributed by atoms with Gasteiger partial charge in [0.25, 0.3) is 0 Å². The molecule has 2 aliphatic carbocycles. The van der Waals surface area contributed by atoms with Gasteiger partial charge in [-0.3, -0.25) is 17.6 Å². The average Bonchev–Trinajstić information content (AvgIpc) is 3.80. The predicted molar refractivity (Wildman–Crippen MR) is 189 cm³/mol. The van der Waals surface area contributed by atoms with Crippen molar-refractivity contribution in [3.8, 4) is 33.6 Å². The molecule has 0 bridgehead atoms. The molecule has 1 radical (unpaired) electrons. The first-order chi connectivity index (χ1) is 22.3. The third kappa shape index (κ3) is 12.0. The van der Waals surface area contributed by atoms with Crippen molar-refractivity contribution in [3.63, 3.8) is 0 Å². The van der Waals surface area contributed by atoms with Crippen molar-refractivity contribution in [3.05, 3.63) is 146 Å². The number of aryl methyl sites for hydroxylation is 2. The van der Waals surface area contributed by atoms with Crippen LogP contribution in [0.1, 0.15) is 80.4 Å². The Kier molecular flexibility index (Phi) is 19.8. The van der Waals surface area contributed by atoms with Gasteiger partial charge in [0.05, 0.1) is 0 Å². The van der Waals surface area contributed by atoms with Crippen LogP contribution in [0.5, 0.6) is 0 Å². The summed E-state index contributed by atoms with van der Waals surface area (Å²) in [6.07, 6.45) is 16.0. The number of nitrogens with zero attached hydrogens (tertiary/aromatic N) is 2. The molecule has 269 valence electrons. The number of benzene rings is 3. The standard InChI is InChI=1S/C24H22F2N.C11H6F2N.C5H10.2CH3.Ir.Os/c1-15-11-19(17-5-3-4-6-17)12-16(2)24(15)18-7-10-23(27-14-18)21-9-8-20(25)13-22(21)26;12-8-4-5-9(10(13)7-8)11-3-1-2-6-14-11;1-2-4-5-3-1;;;;/h7-8,10-14,17H,3-6H2,1-2H3;1-4,6-7H;1-5H2;2*1H3;;/q2*-1;;2*-1;;+2. The van der Waals surface area contributed by atoms with E-state index in [0.29, 0.717) is 17.3 Å². The Morgan fingerprint density at radius 1 is 0.640 bits per heavy atom. The smallest absolute Gasteiger partial charge is 0.358 e. The third-order valence-electron chi connectivity index (χ3n) is 8.58. The molecule has 0 amide bonds. The number of pyridine rings is 2. The fourth-order valence-corrected chi connectivity index (χ4v) is 6.31. The monoisotopic (exact) mass is 1040 g/mol. The van der Waals surface area contributed by atoms with Crippen molar-refractivity contribution >= 4 is 0 Å². The number of aromatic nitrogens is 2. The van der Waals surface area contributed by atoms with Crippen molar-refractivity contribution < 1.29 is 57.5 Å². The summed E-state index contributed by atoms with van der Waals surface area (Å²) in [5, 5.41) is 0. The number of rotatable bonds is 4. The van der Waals surface area contributed by atoms with Crippen molar-refractivity contribution in [1.82, 2.24) is 9.97 Å². The second-order valence-corrected chi connectivity index (χ2v) is 12.0. The minimum atomic E-state index is -0.650. The summed E-state index contributed by atoms with van der Waals surface area (Å²) in [7, 11) is 0. The zero-order chi connectivity index (χ0) is 32.5. The van der Waals surface area contributed by atoms with Gasteiger partial charge in [-0.1, -0.05) is 105 Å². The molecular weight excluding hydrogens is 991 g/mol. The van der Waals surface area contributed by atoms with E-state index in [0.717, 1.165) is 29.8 Å². The molecule has 0 unspecified atom stereocenters. The Hall–Kier alpha value is -3.03. The molecule has 2 fully saturated rings. The summed E-state index contributed by atoms with van der Waals surface area (Å²) < 4.78 is 52.9. The Bertz CT molecular complexity index is 1710. The minimum Gasteiger partial charge on any atom is -0.358 e. The normalized spacial score (nSPS) is 13.2. The van der Waals surface area contributed by atoms with Gasteiger partial charge in [0.1, 0.15) is 0 Å². The molecule has 0 N–H and O–H groups in total. The molecule has 3 aromatic carbocycles. The molecule has 2 aromatic heterocycles. The molecule has 0 saturated heterocycles. The van der Waals surface area contributed by atoms with Crippen LogP contribution in [0, 0.1) is 64.1 Å². The van der Waals surface area contributed by atoms with E-state index in [1.807, 2.05) is 6.07 Å². The third-order valence-corrected chi connectivity index (χ3v) is 8.58. The Morgan fingerprint density at radius 3 is 1.56 bits per heavy atom. The summed E-state index contributed by atoms with van der Waals surface area (Å²) in [4.78, 5) is 8.35. The van der Waals surface area contributed by atoms with Gasteiger partial charge >= 0.3 is 19.8 Å². The molecule has 2 nitrogen and oxygen atoms in total. The quantitative estimate of drug-likeness (QED) is 0.132. The van der Waals surface area contributed by atoms with Crippen molar-refractivity contribution in [2.24, 2.45) is 0 Å². The maximum atomic E-state index is 14.0. The van der Waals surface area contributed by atoms with E-state index in [1.165, 1.54) is 80.0 Å². The molecule has 0 spiro atoms. The SMILES string of the molecule is C1CCCC1.Cc1cc(C2CCCC2)cc(C)c1-c1ccc(-c2[c-]cc(F)cc2F)nc1.Fc1c[c-]c(-c2ccccn2)c(F)c1.[CH3-].[CH3-].[Ir].[Os+2]. The second kappa shape index (κ2) is 22.0. The molecular formula is C42H44F4IrN2Os-2. The first-order valence-corrected chi connectivity index (χ1v) is 16.0.